The fourth-order valence-electron chi connectivity index (χ4n) is 5.14. The number of hydrogen-bond donors (Lipinski definition) is 0. The molecule has 0 radical (unpaired) electrons. The van der Waals surface area contributed by atoms with Crippen LogP contribution >= 0.6 is 0 Å². The Morgan fingerprint density at radius 1 is 0.857 bits per heavy atom. The molecule has 0 N–H and O–H groups in total. The van der Waals surface area contributed by atoms with Crippen molar-refractivity contribution in [2.75, 3.05) is 0 Å². The predicted molar refractivity (Wildman–Crippen MR) is 108 cm³/mol. The van der Waals surface area contributed by atoms with E-state index in [-0.39, 0.29) is 29.8 Å². The number of ketones is 2. The zero-order valence-corrected chi connectivity index (χ0v) is 15.4. The summed E-state index contributed by atoms with van der Waals surface area (Å²) in [4.78, 5) is 37.7. The maximum Gasteiger partial charge on any atom is 0.167 e. The summed E-state index contributed by atoms with van der Waals surface area (Å²) in [5, 5.41) is 2.07. The second kappa shape index (κ2) is 6.52. The first-order chi connectivity index (χ1) is 13.7. The first-order valence-electron chi connectivity index (χ1n) is 9.80. The molecule has 0 saturated heterocycles. The van der Waals surface area contributed by atoms with Crippen molar-refractivity contribution in [2.45, 2.75) is 31.1 Å². The number of Topliss-reactive ketones (excluding diaryl/α,β-unsaturated/α-hetero) is 2. The third kappa shape index (κ3) is 2.46. The van der Waals surface area contributed by atoms with Crippen molar-refractivity contribution in [3.05, 3.63) is 82.9 Å². The van der Waals surface area contributed by atoms with E-state index in [1.807, 2.05) is 48.5 Å². The van der Waals surface area contributed by atoms with Gasteiger partial charge >= 0.3 is 0 Å². The van der Waals surface area contributed by atoms with E-state index in [1.54, 1.807) is 0 Å². The fourth-order valence-corrected chi connectivity index (χ4v) is 5.14. The maximum absolute atomic E-state index is 13.2. The molecule has 0 aromatic heterocycles. The van der Waals surface area contributed by atoms with E-state index in [0.717, 1.165) is 34.6 Å². The molecule has 3 atom stereocenters. The van der Waals surface area contributed by atoms with Crippen LogP contribution in [-0.2, 0) is 16.0 Å². The summed E-state index contributed by atoms with van der Waals surface area (Å²) >= 11 is 0. The molecule has 3 aromatic rings. The van der Waals surface area contributed by atoms with E-state index >= 15 is 0 Å². The van der Waals surface area contributed by atoms with Crippen molar-refractivity contribution >= 4 is 28.6 Å². The van der Waals surface area contributed by atoms with E-state index in [1.165, 1.54) is 5.56 Å². The Morgan fingerprint density at radius 3 is 2.36 bits per heavy atom. The van der Waals surface area contributed by atoms with Gasteiger partial charge in [-0.15, -0.1) is 0 Å². The van der Waals surface area contributed by atoms with Crippen LogP contribution in [0.3, 0.4) is 0 Å². The van der Waals surface area contributed by atoms with Crippen molar-refractivity contribution in [1.82, 2.24) is 0 Å². The summed E-state index contributed by atoms with van der Waals surface area (Å²) < 4.78 is 0. The number of fused-ring (bicyclic) bond motifs is 3. The molecule has 28 heavy (non-hydrogen) atoms. The molecule has 0 heterocycles. The Kier molecular flexibility index (Phi) is 3.97. The lowest BCUT2D eigenvalue weighted by molar-refractivity contribution is -0.122. The van der Waals surface area contributed by atoms with Gasteiger partial charge in [-0.2, -0.15) is 0 Å². The van der Waals surface area contributed by atoms with Gasteiger partial charge < -0.3 is 4.79 Å². The second-order valence-corrected chi connectivity index (χ2v) is 7.83. The van der Waals surface area contributed by atoms with E-state index in [2.05, 4.69) is 12.1 Å². The lowest BCUT2D eigenvalue weighted by Gasteiger charge is -2.32. The standard InChI is InChI=1S/C25H20O3/c26-12-11-19-23(24-18-8-4-3-5-15(18)9-10-22(24)27)20-13-16-6-1-2-7-17(16)14-21(20)25(19)28/h1-8,12-14,19,23-24H,9-11H2. The van der Waals surface area contributed by atoms with Gasteiger partial charge in [0.1, 0.15) is 12.1 Å². The van der Waals surface area contributed by atoms with Gasteiger partial charge in [0.25, 0.3) is 0 Å². The highest BCUT2D eigenvalue weighted by atomic mass is 16.1. The SMILES string of the molecule is O=CCC1C(=O)c2cc3ccccc3cc2C1C1C(=O)CCc2ccccc21. The van der Waals surface area contributed by atoms with Gasteiger partial charge in [-0.25, -0.2) is 0 Å². The number of aldehydes is 1. The Labute approximate surface area is 163 Å². The molecule has 0 amide bonds. The monoisotopic (exact) mass is 368 g/mol. The molecule has 3 aromatic carbocycles. The third-order valence-corrected chi connectivity index (χ3v) is 6.40. The highest BCUT2D eigenvalue weighted by Gasteiger charge is 2.47. The van der Waals surface area contributed by atoms with Gasteiger partial charge in [-0.1, -0.05) is 54.6 Å². The van der Waals surface area contributed by atoms with Crippen LogP contribution in [-0.4, -0.2) is 17.9 Å². The largest absolute Gasteiger partial charge is 0.303 e. The molecule has 3 nitrogen and oxygen atoms in total. The van der Waals surface area contributed by atoms with Crippen LogP contribution in [0.2, 0.25) is 0 Å². The Balaban J connectivity index is 1.74. The molecule has 5 rings (SSSR count). The van der Waals surface area contributed by atoms with Gasteiger partial charge in [0.2, 0.25) is 0 Å². The number of hydrogen-bond acceptors (Lipinski definition) is 3. The quantitative estimate of drug-likeness (QED) is 0.634. The first-order valence-corrected chi connectivity index (χ1v) is 9.80. The first kappa shape index (κ1) is 17.1. The average molecular weight is 368 g/mol. The Hall–Kier alpha value is -3.07. The van der Waals surface area contributed by atoms with Gasteiger partial charge in [-0.05, 0) is 39.9 Å². The van der Waals surface area contributed by atoms with Crippen LogP contribution in [0.1, 0.15) is 51.7 Å². The van der Waals surface area contributed by atoms with Crippen molar-refractivity contribution in [3.63, 3.8) is 0 Å². The van der Waals surface area contributed by atoms with Crippen LogP contribution in [0.15, 0.2) is 60.7 Å². The molecule has 0 aliphatic heterocycles. The van der Waals surface area contributed by atoms with Crippen LogP contribution in [0, 0.1) is 5.92 Å². The van der Waals surface area contributed by atoms with Crippen molar-refractivity contribution in [3.8, 4) is 0 Å². The Bertz CT molecular complexity index is 1130. The highest BCUT2D eigenvalue weighted by Crippen LogP contribution is 2.51. The molecule has 0 saturated carbocycles. The molecule has 3 unspecified atom stereocenters. The average Bonchev–Trinajstić information content (AvgIpc) is 2.98. The molecular weight excluding hydrogens is 348 g/mol. The third-order valence-electron chi connectivity index (χ3n) is 6.40. The maximum atomic E-state index is 13.2. The fraction of sp³-hybridized carbons (Fsp3) is 0.240. The minimum absolute atomic E-state index is 0.00583. The van der Waals surface area contributed by atoms with Crippen LogP contribution in [0.5, 0.6) is 0 Å². The van der Waals surface area contributed by atoms with E-state index in [9.17, 15) is 14.4 Å². The van der Waals surface area contributed by atoms with E-state index < -0.39 is 5.92 Å². The lowest BCUT2D eigenvalue weighted by atomic mass is 9.69. The topological polar surface area (TPSA) is 51.2 Å². The van der Waals surface area contributed by atoms with Crippen molar-refractivity contribution in [1.29, 1.82) is 0 Å². The van der Waals surface area contributed by atoms with Gasteiger partial charge in [0.05, 0.1) is 5.92 Å². The smallest absolute Gasteiger partial charge is 0.167 e. The normalized spacial score (nSPS) is 23.5. The minimum atomic E-state index is -0.468. The van der Waals surface area contributed by atoms with Gasteiger partial charge in [0.15, 0.2) is 5.78 Å². The molecule has 0 spiro atoms. The predicted octanol–water partition coefficient (Wildman–Crippen LogP) is 4.62. The minimum Gasteiger partial charge on any atom is -0.303 e. The van der Waals surface area contributed by atoms with E-state index in [0.29, 0.717) is 12.0 Å². The molecule has 138 valence electrons. The summed E-state index contributed by atoms with van der Waals surface area (Å²) in [5.41, 5.74) is 3.80. The molecule has 0 fully saturated rings. The van der Waals surface area contributed by atoms with Crippen LogP contribution in [0.25, 0.3) is 10.8 Å². The zero-order valence-electron chi connectivity index (χ0n) is 15.4. The van der Waals surface area contributed by atoms with Crippen LogP contribution in [0.4, 0.5) is 0 Å². The van der Waals surface area contributed by atoms with Gasteiger partial charge in [-0.3, -0.25) is 9.59 Å². The molecule has 2 aliphatic rings. The van der Waals surface area contributed by atoms with Crippen molar-refractivity contribution in [2.24, 2.45) is 5.92 Å². The lowest BCUT2D eigenvalue weighted by Crippen LogP contribution is -2.29. The van der Waals surface area contributed by atoms with Crippen LogP contribution < -0.4 is 0 Å². The number of rotatable bonds is 3. The molecule has 2 aliphatic carbocycles. The van der Waals surface area contributed by atoms with Crippen molar-refractivity contribution < 1.29 is 14.4 Å². The number of benzene rings is 3. The molecular formula is C25H20O3. The summed E-state index contributed by atoms with van der Waals surface area (Å²) in [5.74, 6) is -0.931. The summed E-state index contributed by atoms with van der Waals surface area (Å²) in [6, 6.07) is 20.0. The number of carbonyl (C=O) groups is 3. The highest BCUT2D eigenvalue weighted by molar-refractivity contribution is 6.08. The Morgan fingerprint density at radius 2 is 1.57 bits per heavy atom. The summed E-state index contributed by atoms with van der Waals surface area (Å²) in [6.45, 7) is 0. The molecule has 3 heteroatoms. The number of aryl methyl sites for hydroxylation is 1. The summed E-state index contributed by atoms with van der Waals surface area (Å²) in [6.07, 6.45) is 2.21. The second-order valence-electron chi connectivity index (χ2n) is 7.83. The summed E-state index contributed by atoms with van der Waals surface area (Å²) in [7, 11) is 0. The molecule has 0 bridgehead atoms. The number of carbonyl (C=O) groups excluding carboxylic acids is 3. The zero-order chi connectivity index (χ0) is 19.3. The van der Waals surface area contributed by atoms with E-state index in [4.69, 9.17) is 0 Å². The van der Waals surface area contributed by atoms with Gasteiger partial charge in [0, 0.05) is 30.2 Å².